The first-order valence-electron chi connectivity index (χ1n) is 22.2. The van der Waals surface area contributed by atoms with Crippen LogP contribution in [0.1, 0.15) is 114 Å². The molecule has 12 rings (SSSR count). The molecule has 4 aliphatic rings. The Bertz CT molecular complexity index is 3330. The molecule has 0 saturated heterocycles. The summed E-state index contributed by atoms with van der Waals surface area (Å²) in [5.41, 5.74) is 7.13. The lowest BCUT2D eigenvalue weighted by atomic mass is 9.68. The fourth-order valence-corrected chi connectivity index (χ4v) is 12.0. The first kappa shape index (κ1) is 40.8. The van der Waals surface area contributed by atoms with Gasteiger partial charge in [0.05, 0.1) is 11.8 Å². The maximum absolute atomic E-state index is 12.8. The third kappa shape index (κ3) is 6.13. The predicted octanol–water partition coefficient (Wildman–Crippen LogP) is 10.4. The quantitative estimate of drug-likeness (QED) is 0.0753. The van der Waals surface area contributed by atoms with Gasteiger partial charge < -0.3 is 60.5 Å². The SMILES string of the molecule is Oc1ccc([C@@H]2c3c(O)cc(O)cc3[C@@H]3c4c(cc(O)c5c4[C@@H]2[C@H](c2ccc(O)cc2)[C@@H]5c2cc(O)cc4c2[C@@H](c2ccc(O)cc2O)[C@H](c2ccc(O)cc2)O4)O[C@H]3c2ccc(O)cc2)cc1. The highest BCUT2D eigenvalue weighted by molar-refractivity contribution is 5.74. The molecule has 338 valence electrons. The summed E-state index contributed by atoms with van der Waals surface area (Å²) < 4.78 is 13.7. The van der Waals surface area contributed by atoms with Gasteiger partial charge in [0.15, 0.2) is 0 Å². The molecule has 0 fully saturated rings. The summed E-state index contributed by atoms with van der Waals surface area (Å²) in [6.07, 6.45) is -1.61. The number of ether oxygens (including phenoxy) is 2. The molecule has 68 heavy (non-hydrogen) atoms. The standard InChI is InChI=1S/C56H42O12/c57-29-9-1-25(2-10-29)44-46-37(19-34(62)22-40(46)65)50-52-43(68-56(50)28-7-15-32(60)16-8-28)24-41(66)51-48(45(53(44)54(51)52)26-3-11-30(58)12-4-26)38-20-35(63)23-42-47(38)49(36-18-17-33(61)21-39(36)64)55(67-42)27-5-13-31(59)14-6-27/h1-24,44-45,48-50,53,55-66H/t44-,45-,48+,49-,50-,53+,55+,56+/m1/s1. The Labute approximate surface area is 388 Å². The van der Waals surface area contributed by atoms with Gasteiger partial charge in [-0.25, -0.2) is 0 Å². The maximum atomic E-state index is 12.8. The zero-order valence-electron chi connectivity index (χ0n) is 35.8. The molecule has 0 radical (unpaired) electrons. The van der Waals surface area contributed by atoms with Crippen LogP contribution in [0.5, 0.6) is 69.0 Å². The Morgan fingerprint density at radius 3 is 1.26 bits per heavy atom. The summed E-state index contributed by atoms with van der Waals surface area (Å²) in [7, 11) is 0. The highest BCUT2D eigenvalue weighted by Crippen LogP contribution is 2.72. The lowest BCUT2D eigenvalue weighted by Gasteiger charge is -2.35. The van der Waals surface area contributed by atoms with Crippen LogP contribution < -0.4 is 9.47 Å². The summed E-state index contributed by atoms with van der Waals surface area (Å²) in [5.74, 6) is -4.78. The van der Waals surface area contributed by atoms with Gasteiger partial charge in [-0.3, -0.25) is 0 Å². The first-order valence-corrected chi connectivity index (χ1v) is 22.2. The minimum Gasteiger partial charge on any atom is -0.508 e. The van der Waals surface area contributed by atoms with Crippen LogP contribution >= 0.6 is 0 Å². The zero-order valence-corrected chi connectivity index (χ0v) is 35.8. The second-order valence-corrected chi connectivity index (χ2v) is 18.2. The molecule has 8 aromatic rings. The summed E-state index contributed by atoms with van der Waals surface area (Å²) in [6.45, 7) is 0. The molecule has 2 heterocycles. The molecule has 0 bridgehead atoms. The van der Waals surface area contributed by atoms with Crippen LogP contribution in [-0.4, -0.2) is 51.1 Å². The van der Waals surface area contributed by atoms with E-state index in [2.05, 4.69) is 0 Å². The minimum atomic E-state index is -0.844. The van der Waals surface area contributed by atoms with Crippen molar-refractivity contribution in [2.45, 2.75) is 47.7 Å². The molecule has 0 aromatic heterocycles. The average molecular weight is 907 g/mol. The predicted molar refractivity (Wildman–Crippen MR) is 248 cm³/mol. The third-order valence-corrected chi connectivity index (χ3v) is 14.5. The summed E-state index contributed by atoms with van der Waals surface area (Å²) in [6, 6.07) is 38.6. The van der Waals surface area contributed by atoms with Crippen molar-refractivity contribution in [1.82, 2.24) is 0 Å². The fraction of sp³-hybridized carbons (Fsp3) is 0.143. The topological polar surface area (TPSA) is 221 Å². The number of hydrogen-bond donors (Lipinski definition) is 10. The van der Waals surface area contributed by atoms with E-state index in [1.54, 1.807) is 97.1 Å². The van der Waals surface area contributed by atoms with E-state index < -0.39 is 47.7 Å². The van der Waals surface area contributed by atoms with E-state index in [-0.39, 0.29) is 57.5 Å². The highest BCUT2D eigenvalue weighted by atomic mass is 16.5. The van der Waals surface area contributed by atoms with E-state index in [0.717, 1.165) is 0 Å². The number of phenolic OH excluding ortho intramolecular Hbond substituents is 10. The van der Waals surface area contributed by atoms with Crippen LogP contribution in [0.4, 0.5) is 0 Å². The fourth-order valence-electron chi connectivity index (χ4n) is 12.0. The summed E-state index contributed by atoms with van der Waals surface area (Å²) in [4.78, 5) is 0. The van der Waals surface area contributed by atoms with Gasteiger partial charge in [-0.05, 0) is 106 Å². The van der Waals surface area contributed by atoms with E-state index in [4.69, 9.17) is 9.47 Å². The molecule has 10 N–H and O–H groups in total. The van der Waals surface area contributed by atoms with E-state index >= 15 is 0 Å². The van der Waals surface area contributed by atoms with Gasteiger partial charge in [0.25, 0.3) is 0 Å². The second kappa shape index (κ2) is 14.9. The molecule has 0 amide bonds. The molecule has 2 aliphatic carbocycles. The van der Waals surface area contributed by atoms with Crippen LogP contribution in [0.2, 0.25) is 0 Å². The molecule has 0 unspecified atom stereocenters. The monoisotopic (exact) mass is 906 g/mol. The lowest BCUT2D eigenvalue weighted by molar-refractivity contribution is 0.220. The number of rotatable bonds is 6. The van der Waals surface area contributed by atoms with Crippen molar-refractivity contribution in [2.75, 3.05) is 0 Å². The van der Waals surface area contributed by atoms with Crippen LogP contribution in [0.25, 0.3) is 0 Å². The maximum Gasteiger partial charge on any atom is 0.135 e. The van der Waals surface area contributed by atoms with Crippen LogP contribution in [-0.2, 0) is 0 Å². The van der Waals surface area contributed by atoms with Gasteiger partial charge in [0, 0.05) is 75.8 Å². The van der Waals surface area contributed by atoms with Gasteiger partial charge in [0.1, 0.15) is 81.2 Å². The number of hydrogen-bond acceptors (Lipinski definition) is 12. The van der Waals surface area contributed by atoms with E-state index in [9.17, 15) is 51.1 Å². The minimum absolute atomic E-state index is 0.00965. The Balaban J connectivity index is 1.20. The van der Waals surface area contributed by atoms with Crippen molar-refractivity contribution < 1.29 is 60.5 Å². The lowest BCUT2D eigenvalue weighted by Crippen LogP contribution is -2.21. The molecule has 8 aromatic carbocycles. The van der Waals surface area contributed by atoms with Crippen LogP contribution in [0.15, 0.2) is 146 Å². The molecular weight excluding hydrogens is 865 g/mol. The van der Waals surface area contributed by atoms with Crippen molar-refractivity contribution >= 4 is 0 Å². The van der Waals surface area contributed by atoms with E-state index in [0.29, 0.717) is 78.3 Å². The average Bonchev–Trinajstić information content (AvgIpc) is 3.96. The van der Waals surface area contributed by atoms with Crippen LogP contribution in [0.3, 0.4) is 0 Å². The van der Waals surface area contributed by atoms with Crippen molar-refractivity contribution in [3.63, 3.8) is 0 Å². The molecule has 2 aliphatic heterocycles. The molecule has 0 spiro atoms. The number of aromatic hydroxyl groups is 10. The Morgan fingerprint density at radius 2 is 0.706 bits per heavy atom. The zero-order chi connectivity index (χ0) is 46.9. The molecule has 8 atom stereocenters. The smallest absolute Gasteiger partial charge is 0.135 e. The van der Waals surface area contributed by atoms with E-state index in [1.807, 2.05) is 12.1 Å². The first-order chi connectivity index (χ1) is 32.8. The molecule has 12 heteroatoms. The van der Waals surface area contributed by atoms with Crippen molar-refractivity contribution in [1.29, 1.82) is 0 Å². The van der Waals surface area contributed by atoms with Gasteiger partial charge in [0.2, 0.25) is 0 Å². The molecular formula is C56H42O12. The molecule has 0 saturated carbocycles. The van der Waals surface area contributed by atoms with Crippen molar-refractivity contribution in [3.05, 3.63) is 212 Å². The second-order valence-electron chi connectivity index (χ2n) is 18.2. The van der Waals surface area contributed by atoms with Gasteiger partial charge in [-0.15, -0.1) is 0 Å². The number of fused-ring (bicyclic) bond motifs is 3. The Hall–Kier alpha value is -8.64. The molecule has 12 nitrogen and oxygen atoms in total. The Kier molecular flexibility index (Phi) is 8.97. The van der Waals surface area contributed by atoms with E-state index in [1.165, 1.54) is 36.4 Å². The normalized spacial score (nSPS) is 22.6. The summed E-state index contributed by atoms with van der Waals surface area (Å²) in [5, 5.41) is 113. The van der Waals surface area contributed by atoms with Gasteiger partial charge >= 0.3 is 0 Å². The van der Waals surface area contributed by atoms with Crippen LogP contribution in [0, 0.1) is 0 Å². The van der Waals surface area contributed by atoms with Crippen molar-refractivity contribution in [2.24, 2.45) is 0 Å². The number of phenols is 10. The Morgan fingerprint density at radius 1 is 0.265 bits per heavy atom. The largest absolute Gasteiger partial charge is 0.508 e. The van der Waals surface area contributed by atoms with Crippen molar-refractivity contribution in [3.8, 4) is 69.0 Å². The summed E-state index contributed by atoms with van der Waals surface area (Å²) >= 11 is 0. The van der Waals surface area contributed by atoms with Gasteiger partial charge in [-0.2, -0.15) is 0 Å². The highest BCUT2D eigenvalue weighted by Gasteiger charge is 2.57. The number of benzene rings is 8. The van der Waals surface area contributed by atoms with Gasteiger partial charge in [-0.1, -0.05) is 54.6 Å². The third-order valence-electron chi connectivity index (χ3n) is 14.5.